The van der Waals surface area contributed by atoms with Crippen LogP contribution in [0.15, 0.2) is 18.2 Å². The van der Waals surface area contributed by atoms with Crippen LogP contribution in [0.2, 0.25) is 0 Å². The van der Waals surface area contributed by atoms with E-state index in [9.17, 15) is 4.39 Å². The molecule has 102 valence electrons. The molecule has 0 amide bonds. The molecule has 0 aliphatic carbocycles. The van der Waals surface area contributed by atoms with Gasteiger partial charge in [-0.25, -0.2) is 4.39 Å². The van der Waals surface area contributed by atoms with Crippen molar-refractivity contribution in [3.8, 4) is 5.75 Å². The Balaban J connectivity index is 2.07. The number of nitrogens with zero attached hydrogens (tertiary/aromatic N) is 3. The largest absolute Gasteiger partial charge is 0.494 e. The van der Waals surface area contributed by atoms with Gasteiger partial charge in [0.2, 0.25) is 0 Å². The maximum absolute atomic E-state index is 13.6. The van der Waals surface area contributed by atoms with Gasteiger partial charge in [-0.3, -0.25) is 0 Å². The molecule has 0 saturated heterocycles. The number of H-pyrrole nitrogens is 1. The van der Waals surface area contributed by atoms with Crippen molar-refractivity contribution in [1.82, 2.24) is 25.9 Å². The molecular weight excluding hydrogens is 249 g/mol. The number of methoxy groups -OCH3 is 1. The summed E-state index contributed by atoms with van der Waals surface area (Å²) in [6, 6.07) is 4.76. The van der Waals surface area contributed by atoms with Crippen LogP contribution in [0.5, 0.6) is 5.75 Å². The first kappa shape index (κ1) is 13.4. The van der Waals surface area contributed by atoms with Gasteiger partial charge in [0, 0.05) is 6.04 Å². The fourth-order valence-electron chi connectivity index (χ4n) is 1.85. The molecule has 2 N–H and O–H groups in total. The second-order valence-electron chi connectivity index (χ2n) is 4.27. The lowest BCUT2D eigenvalue weighted by Crippen LogP contribution is -2.23. The second-order valence-corrected chi connectivity index (χ2v) is 4.27. The number of hydrogen-bond donors (Lipinski definition) is 2. The molecule has 0 spiro atoms. The molecule has 1 heterocycles. The summed E-state index contributed by atoms with van der Waals surface area (Å²) >= 11 is 0. The SMILES string of the molecule is COc1ccc(C(C)NC(C)c2nn[nH]n2)cc1F. The molecule has 0 aliphatic heterocycles. The van der Waals surface area contributed by atoms with Crippen molar-refractivity contribution in [2.24, 2.45) is 0 Å². The average Bonchev–Trinajstić information content (AvgIpc) is 2.92. The normalized spacial score (nSPS) is 14.1. The Hall–Kier alpha value is -2.02. The standard InChI is InChI=1S/C12H16FN5O/c1-7(14-8(2)12-15-17-18-16-12)9-4-5-11(19-3)10(13)6-9/h4-8,14H,1-3H3,(H,15,16,17,18). The minimum atomic E-state index is -0.374. The Morgan fingerprint density at radius 1 is 1.32 bits per heavy atom. The quantitative estimate of drug-likeness (QED) is 0.861. The summed E-state index contributed by atoms with van der Waals surface area (Å²) in [4.78, 5) is 0. The van der Waals surface area contributed by atoms with Crippen molar-refractivity contribution in [3.05, 3.63) is 35.4 Å². The summed E-state index contributed by atoms with van der Waals surface area (Å²) in [6.45, 7) is 3.86. The van der Waals surface area contributed by atoms with Crippen LogP contribution in [-0.2, 0) is 0 Å². The lowest BCUT2D eigenvalue weighted by atomic mass is 10.1. The van der Waals surface area contributed by atoms with E-state index >= 15 is 0 Å². The fraction of sp³-hybridized carbons (Fsp3) is 0.417. The zero-order valence-electron chi connectivity index (χ0n) is 11.0. The summed E-state index contributed by atoms with van der Waals surface area (Å²) in [5.41, 5.74) is 0.827. The lowest BCUT2D eigenvalue weighted by Gasteiger charge is -2.18. The first-order valence-corrected chi connectivity index (χ1v) is 5.94. The van der Waals surface area contributed by atoms with Gasteiger partial charge in [-0.05, 0) is 31.5 Å². The fourth-order valence-corrected chi connectivity index (χ4v) is 1.85. The highest BCUT2D eigenvalue weighted by atomic mass is 19.1. The maximum atomic E-state index is 13.6. The molecule has 0 fully saturated rings. The van der Waals surface area contributed by atoms with Gasteiger partial charge in [-0.15, -0.1) is 10.2 Å². The first-order chi connectivity index (χ1) is 9.11. The van der Waals surface area contributed by atoms with Crippen LogP contribution in [0.25, 0.3) is 0 Å². The topological polar surface area (TPSA) is 75.7 Å². The number of tetrazole rings is 1. The van der Waals surface area contributed by atoms with Crippen molar-refractivity contribution in [2.75, 3.05) is 7.11 Å². The van der Waals surface area contributed by atoms with E-state index in [0.29, 0.717) is 5.82 Å². The summed E-state index contributed by atoms with van der Waals surface area (Å²) in [6.07, 6.45) is 0. The molecule has 0 aliphatic rings. The summed E-state index contributed by atoms with van der Waals surface area (Å²) in [7, 11) is 1.44. The number of aromatic nitrogens is 4. The van der Waals surface area contributed by atoms with Gasteiger partial charge in [0.15, 0.2) is 17.4 Å². The summed E-state index contributed by atoms with van der Waals surface area (Å²) in [5, 5.41) is 17.0. The van der Waals surface area contributed by atoms with E-state index in [1.54, 1.807) is 6.07 Å². The highest BCUT2D eigenvalue weighted by molar-refractivity contribution is 5.30. The predicted molar refractivity (Wildman–Crippen MR) is 67.1 cm³/mol. The molecule has 0 radical (unpaired) electrons. The van der Waals surface area contributed by atoms with Crippen LogP contribution in [0.1, 0.15) is 37.3 Å². The van der Waals surface area contributed by atoms with E-state index in [4.69, 9.17) is 4.74 Å². The monoisotopic (exact) mass is 265 g/mol. The van der Waals surface area contributed by atoms with Crippen LogP contribution < -0.4 is 10.1 Å². The smallest absolute Gasteiger partial charge is 0.191 e. The van der Waals surface area contributed by atoms with E-state index < -0.39 is 0 Å². The van der Waals surface area contributed by atoms with Crippen molar-refractivity contribution >= 4 is 0 Å². The third-order valence-electron chi connectivity index (χ3n) is 2.92. The lowest BCUT2D eigenvalue weighted by molar-refractivity contribution is 0.385. The Morgan fingerprint density at radius 2 is 2.11 bits per heavy atom. The summed E-state index contributed by atoms with van der Waals surface area (Å²) < 4.78 is 18.5. The van der Waals surface area contributed by atoms with Gasteiger partial charge in [-0.2, -0.15) is 5.21 Å². The van der Waals surface area contributed by atoms with Gasteiger partial charge < -0.3 is 10.1 Å². The third-order valence-corrected chi connectivity index (χ3v) is 2.92. The van der Waals surface area contributed by atoms with Crippen molar-refractivity contribution in [1.29, 1.82) is 0 Å². The van der Waals surface area contributed by atoms with Gasteiger partial charge in [-0.1, -0.05) is 11.3 Å². The number of halogens is 1. The van der Waals surface area contributed by atoms with Gasteiger partial charge in [0.05, 0.1) is 13.2 Å². The minimum absolute atomic E-state index is 0.0473. The number of benzene rings is 1. The zero-order chi connectivity index (χ0) is 13.8. The first-order valence-electron chi connectivity index (χ1n) is 5.94. The van der Waals surface area contributed by atoms with Crippen LogP contribution in [0, 0.1) is 5.82 Å². The van der Waals surface area contributed by atoms with E-state index in [-0.39, 0.29) is 23.7 Å². The van der Waals surface area contributed by atoms with E-state index in [1.807, 2.05) is 19.9 Å². The number of ether oxygens (including phenoxy) is 1. The molecule has 2 atom stereocenters. The minimum Gasteiger partial charge on any atom is -0.494 e. The van der Waals surface area contributed by atoms with Gasteiger partial charge in [0.1, 0.15) is 0 Å². The molecular formula is C12H16FN5O. The Morgan fingerprint density at radius 3 is 2.68 bits per heavy atom. The Kier molecular flexibility index (Phi) is 4.06. The molecule has 0 saturated carbocycles. The van der Waals surface area contributed by atoms with E-state index in [2.05, 4.69) is 25.9 Å². The van der Waals surface area contributed by atoms with E-state index in [0.717, 1.165) is 5.56 Å². The van der Waals surface area contributed by atoms with Crippen LogP contribution in [0.3, 0.4) is 0 Å². The van der Waals surface area contributed by atoms with E-state index in [1.165, 1.54) is 13.2 Å². The Labute approximate surface area is 110 Å². The molecule has 6 nitrogen and oxygen atoms in total. The molecule has 1 aromatic heterocycles. The predicted octanol–water partition coefficient (Wildman–Crippen LogP) is 1.76. The highest BCUT2D eigenvalue weighted by Gasteiger charge is 2.15. The molecule has 0 bridgehead atoms. The molecule has 1 aromatic carbocycles. The number of rotatable bonds is 5. The molecule has 2 aromatic rings. The van der Waals surface area contributed by atoms with Crippen molar-refractivity contribution in [2.45, 2.75) is 25.9 Å². The Bertz CT molecular complexity index is 531. The third kappa shape index (κ3) is 3.05. The van der Waals surface area contributed by atoms with Crippen LogP contribution >= 0.6 is 0 Å². The van der Waals surface area contributed by atoms with Gasteiger partial charge >= 0.3 is 0 Å². The number of aromatic amines is 1. The molecule has 2 unspecified atom stereocenters. The number of hydrogen-bond acceptors (Lipinski definition) is 5. The van der Waals surface area contributed by atoms with Crippen LogP contribution in [-0.4, -0.2) is 27.7 Å². The van der Waals surface area contributed by atoms with Crippen molar-refractivity contribution in [3.63, 3.8) is 0 Å². The molecule has 7 heteroatoms. The average molecular weight is 265 g/mol. The number of nitrogens with one attached hydrogen (secondary N) is 2. The van der Waals surface area contributed by atoms with Crippen LogP contribution in [0.4, 0.5) is 4.39 Å². The molecule has 19 heavy (non-hydrogen) atoms. The zero-order valence-corrected chi connectivity index (χ0v) is 11.0. The van der Waals surface area contributed by atoms with Crippen molar-refractivity contribution < 1.29 is 9.13 Å². The highest BCUT2D eigenvalue weighted by Crippen LogP contribution is 2.23. The second kappa shape index (κ2) is 5.75. The maximum Gasteiger partial charge on any atom is 0.191 e. The summed E-state index contributed by atoms with van der Waals surface area (Å²) in [5.74, 6) is 0.434. The van der Waals surface area contributed by atoms with Gasteiger partial charge in [0.25, 0.3) is 0 Å². The molecule has 2 rings (SSSR count).